The summed E-state index contributed by atoms with van der Waals surface area (Å²) in [4.78, 5) is 26.4. The van der Waals surface area contributed by atoms with Gasteiger partial charge in [0.15, 0.2) is 5.58 Å². The molecule has 1 aromatic heterocycles. The highest BCUT2D eigenvalue weighted by Crippen LogP contribution is 2.27. The van der Waals surface area contributed by atoms with Gasteiger partial charge in [0.25, 0.3) is 0 Å². The molecular weight excluding hydrogens is 370 g/mol. The van der Waals surface area contributed by atoms with E-state index in [-0.39, 0.29) is 11.9 Å². The summed E-state index contributed by atoms with van der Waals surface area (Å²) >= 11 is 0. The molecule has 0 saturated carbocycles. The molecule has 1 atom stereocenters. The summed E-state index contributed by atoms with van der Waals surface area (Å²) in [5.41, 5.74) is 2.34. The normalized spacial score (nSPS) is 12.3. The molecule has 154 valence electrons. The van der Waals surface area contributed by atoms with E-state index in [1.165, 1.54) is 0 Å². The zero-order valence-electron chi connectivity index (χ0n) is 17.1. The number of likely N-dealkylation sites (N-methyl/N-ethyl adjacent to an activating group) is 1. The third-order valence-electron chi connectivity index (χ3n) is 4.97. The number of oxazole rings is 1. The number of carbonyl (C=O) groups is 1. The third kappa shape index (κ3) is 4.86. The minimum absolute atomic E-state index is 0.00413. The van der Waals surface area contributed by atoms with Gasteiger partial charge in [-0.05, 0) is 38.7 Å². The molecular formula is C22H27N3O4. The topological polar surface area (TPSA) is 76.7 Å². The Morgan fingerprint density at radius 3 is 2.66 bits per heavy atom. The fourth-order valence-electron chi connectivity index (χ4n) is 3.43. The monoisotopic (exact) mass is 397 g/mol. The Balaban J connectivity index is 1.56. The Hall–Kier alpha value is -3.06. The predicted octanol–water partition coefficient (Wildman–Crippen LogP) is 2.80. The molecule has 7 nitrogen and oxygen atoms in total. The van der Waals surface area contributed by atoms with Crippen LogP contribution in [0.4, 0.5) is 0 Å². The third-order valence-corrected chi connectivity index (χ3v) is 4.97. The Bertz CT molecular complexity index is 1020. The van der Waals surface area contributed by atoms with Crippen LogP contribution in [-0.4, -0.2) is 43.1 Å². The van der Waals surface area contributed by atoms with Gasteiger partial charge in [-0.2, -0.15) is 0 Å². The number of hydrogen-bond donors (Lipinski definition) is 1. The fourth-order valence-corrected chi connectivity index (χ4v) is 3.43. The molecule has 0 unspecified atom stereocenters. The molecule has 0 aliphatic rings. The highest BCUT2D eigenvalue weighted by molar-refractivity contribution is 5.76. The maximum absolute atomic E-state index is 12.4. The van der Waals surface area contributed by atoms with Crippen LogP contribution in [0.3, 0.4) is 0 Å². The van der Waals surface area contributed by atoms with E-state index in [1.54, 1.807) is 17.7 Å². The second-order valence-electron chi connectivity index (χ2n) is 7.12. The molecule has 0 saturated heterocycles. The summed E-state index contributed by atoms with van der Waals surface area (Å²) < 4.78 is 12.2. The Morgan fingerprint density at radius 1 is 1.17 bits per heavy atom. The number of nitrogens with zero attached hydrogens (tertiary/aromatic N) is 2. The average Bonchev–Trinajstić information content (AvgIpc) is 3.03. The van der Waals surface area contributed by atoms with Crippen LogP contribution in [0.15, 0.2) is 57.7 Å². The molecule has 0 spiro atoms. The SMILES string of the molecule is COc1ccccc1[C@H](CNC(=O)CCCn1c(=O)oc2ccccc21)N(C)C. The first-order chi connectivity index (χ1) is 14.0. The van der Waals surface area contributed by atoms with E-state index in [9.17, 15) is 9.59 Å². The number of nitrogens with one attached hydrogen (secondary N) is 1. The van der Waals surface area contributed by atoms with Crippen LogP contribution < -0.4 is 15.8 Å². The van der Waals surface area contributed by atoms with Crippen molar-refractivity contribution in [1.29, 1.82) is 0 Å². The molecule has 3 aromatic rings. The van der Waals surface area contributed by atoms with E-state index in [4.69, 9.17) is 9.15 Å². The van der Waals surface area contributed by atoms with Gasteiger partial charge in [-0.3, -0.25) is 9.36 Å². The fraction of sp³-hybridized carbons (Fsp3) is 0.364. The molecule has 0 bridgehead atoms. The van der Waals surface area contributed by atoms with Gasteiger partial charge in [0.2, 0.25) is 5.91 Å². The standard InChI is InChI=1S/C22H27N3O4/c1-24(2)18(16-9-4-6-11-19(16)28-3)15-23-21(26)13-8-14-25-17-10-5-7-12-20(17)29-22(25)27/h4-7,9-12,18H,8,13-15H2,1-3H3,(H,23,26)/t18-/m0/s1. The van der Waals surface area contributed by atoms with E-state index in [0.717, 1.165) is 16.8 Å². The number of hydrogen-bond acceptors (Lipinski definition) is 5. The zero-order valence-corrected chi connectivity index (χ0v) is 17.1. The zero-order chi connectivity index (χ0) is 20.8. The summed E-state index contributed by atoms with van der Waals surface area (Å²) in [6.07, 6.45) is 0.884. The number of ether oxygens (including phenoxy) is 1. The van der Waals surface area contributed by atoms with Gasteiger partial charge in [0.1, 0.15) is 5.75 Å². The number of amides is 1. The van der Waals surface area contributed by atoms with Crippen molar-refractivity contribution in [2.45, 2.75) is 25.4 Å². The molecule has 3 rings (SSSR count). The lowest BCUT2D eigenvalue weighted by Crippen LogP contribution is -2.34. The molecule has 1 N–H and O–H groups in total. The maximum atomic E-state index is 12.4. The number of aromatic nitrogens is 1. The number of rotatable bonds is 9. The van der Waals surface area contributed by atoms with E-state index in [2.05, 4.69) is 10.2 Å². The maximum Gasteiger partial charge on any atom is 0.419 e. The summed E-state index contributed by atoms with van der Waals surface area (Å²) in [5.74, 6) is 0.356. The number of methoxy groups -OCH3 is 1. The van der Waals surface area contributed by atoms with Crippen molar-refractivity contribution in [3.8, 4) is 5.75 Å². The van der Waals surface area contributed by atoms with Crippen LogP contribution in [0, 0.1) is 0 Å². The van der Waals surface area contributed by atoms with Crippen molar-refractivity contribution >= 4 is 17.0 Å². The summed E-state index contributed by atoms with van der Waals surface area (Å²) in [7, 11) is 5.59. The lowest BCUT2D eigenvalue weighted by molar-refractivity contribution is -0.121. The number of carbonyl (C=O) groups excluding carboxylic acids is 1. The Labute approximate surface area is 169 Å². The second-order valence-corrected chi connectivity index (χ2v) is 7.12. The minimum atomic E-state index is -0.393. The van der Waals surface area contributed by atoms with Crippen LogP contribution in [0.1, 0.15) is 24.4 Å². The molecule has 0 radical (unpaired) electrons. The molecule has 7 heteroatoms. The molecule has 0 aliphatic heterocycles. The lowest BCUT2D eigenvalue weighted by Gasteiger charge is -2.26. The van der Waals surface area contributed by atoms with E-state index >= 15 is 0 Å². The van der Waals surface area contributed by atoms with Gasteiger partial charge in [-0.1, -0.05) is 30.3 Å². The minimum Gasteiger partial charge on any atom is -0.496 e. The van der Waals surface area contributed by atoms with Crippen molar-refractivity contribution in [3.63, 3.8) is 0 Å². The van der Waals surface area contributed by atoms with Gasteiger partial charge in [-0.15, -0.1) is 0 Å². The number of benzene rings is 2. The first-order valence-electron chi connectivity index (χ1n) is 9.65. The quantitative estimate of drug-likeness (QED) is 0.601. The van der Waals surface area contributed by atoms with Crippen LogP contribution in [0.25, 0.3) is 11.1 Å². The summed E-state index contributed by atoms with van der Waals surface area (Å²) in [5, 5.41) is 3.00. The molecule has 0 fully saturated rings. The van der Waals surface area contributed by atoms with Crippen molar-refractivity contribution in [3.05, 3.63) is 64.6 Å². The molecule has 1 amide bonds. The highest BCUT2D eigenvalue weighted by atomic mass is 16.5. The molecule has 29 heavy (non-hydrogen) atoms. The average molecular weight is 397 g/mol. The number of fused-ring (bicyclic) bond motifs is 1. The number of para-hydroxylation sites is 3. The van der Waals surface area contributed by atoms with Gasteiger partial charge in [0, 0.05) is 25.1 Å². The van der Waals surface area contributed by atoms with E-state index in [0.29, 0.717) is 31.5 Å². The second kappa shape index (κ2) is 9.43. The van der Waals surface area contributed by atoms with Crippen molar-refractivity contribution < 1.29 is 13.9 Å². The van der Waals surface area contributed by atoms with Gasteiger partial charge in [-0.25, -0.2) is 4.79 Å². The van der Waals surface area contributed by atoms with E-state index < -0.39 is 5.76 Å². The van der Waals surface area contributed by atoms with Crippen LogP contribution in [0.2, 0.25) is 0 Å². The predicted molar refractivity (Wildman–Crippen MR) is 112 cm³/mol. The van der Waals surface area contributed by atoms with Crippen LogP contribution in [-0.2, 0) is 11.3 Å². The summed E-state index contributed by atoms with van der Waals surface area (Å²) in [6.45, 7) is 0.910. The van der Waals surface area contributed by atoms with Crippen LogP contribution >= 0.6 is 0 Å². The van der Waals surface area contributed by atoms with Gasteiger partial charge < -0.3 is 19.4 Å². The van der Waals surface area contributed by atoms with Crippen LogP contribution in [0.5, 0.6) is 5.75 Å². The van der Waals surface area contributed by atoms with Crippen molar-refractivity contribution in [1.82, 2.24) is 14.8 Å². The largest absolute Gasteiger partial charge is 0.496 e. The smallest absolute Gasteiger partial charge is 0.419 e. The number of aryl methyl sites for hydroxylation is 1. The molecule has 2 aromatic carbocycles. The first-order valence-corrected chi connectivity index (χ1v) is 9.65. The highest BCUT2D eigenvalue weighted by Gasteiger charge is 2.19. The van der Waals surface area contributed by atoms with Gasteiger partial charge >= 0.3 is 5.76 Å². The molecule has 1 heterocycles. The van der Waals surface area contributed by atoms with Crippen molar-refractivity contribution in [2.75, 3.05) is 27.7 Å². The first kappa shape index (κ1) is 20.7. The lowest BCUT2D eigenvalue weighted by atomic mass is 10.0. The molecule has 0 aliphatic carbocycles. The summed E-state index contributed by atoms with van der Waals surface area (Å²) in [6, 6.07) is 15.1. The van der Waals surface area contributed by atoms with E-state index in [1.807, 2.05) is 56.6 Å². The van der Waals surface area contributed by atoms with Crippen molar-refractivity contribution in [2.24, 2.45) is 0 Å². The Kier molecular flexibility index (Phi) is 6.72. The van der Waals surface area contributed by atoms with Gasteiger partial charge in [0.05, 0.1) is 18.7 Å². The Morgan fingerprint density at radius 2 is 1.90 bits per heavy atom.